The Morgan fingerprint density at radius 3 is 2.92 bits per heavy atom. The van der Waals surface area contributed by atoms with Crippen LogP contribution >= 0.6 is 0 Å². The van der Waals surface area contributed by atoms with Gasteiger partial charge in [0.05, 0.1) is 11.7 Å². The maximum atomic E-state index is 12.6. The molecule has 1 aliphatic heterocycles. The zero-order chi connectivity index (χ0) is 17.3. The lowest BCUT2D eigenvalue weighted by atomic mass is 10.2. The van der Waals surface area contributed by atoms with E-state index in [-0.39, 0.29) is 5.91 Å². The molecule has 0 radical (unpaired) electrons. The molecule has 2 N–H and O–H groups in total. The van der Waals surface area contributed by atoms with Crippen molar-refractivity contribution < 1.29 is 14.3 Å². The van der Waals surface area contributed by atoms with Crippen molar-refractivity contribution in [1.29, 1.82) is 0 Å². The number of likely N-dealkylation sites (tertiary alicyclic amines) is 1. The smallest absolute Gasteiger partial charge is 0.410 e. The first kappa shape index (κ1) is 16.3. The van der Waals surface area contributed by atoms with Gasteiger partial charge in [0, 0.05) is 17.6 Å². The maximum Gasteiger partial charge on any atom is 0.410 e. The van der Waals surface area contributed by atoms with Crippen LogP contribution in [-0.2, 0) is 9.53 Å². The van der Waals surface area contributed by atoms with Gasteiger partial charge in [-0.15, -0.1) is 0 Å². The fraction of sp³-hybridized carbons (Fsp3) is 0.471. The van der Waals surface area contributed by atoms with Crippen LogP contribution in [0.5, 0.6) is 0 Å². The van der Waals surface area contributed by atoms with Crippen LogP contribution in [0.4, 0.5) is 10.5 Å². The quantitative estimate of drug-likeness (QED) is 0.886. The average Bonchev–Trinajstić information content (AvgIpc) is 3.14. The van der Waals surface area contributed by atoms with Gasteiger partial charge in [-0.05, 0) is 51.8 Å². The summed E-state index contributed by atoms with van der Waals surface area (Å²) < 4.78 is 5.39. The molecule has 1 aliphatic rings. The number of ether oxygens (including phenoxy) is 1. The number of carbonyl (C=O) groups excluding carboxylic acids is 2. The summed E-state index contributed by atoms with van der Waals surface area (Å²) in [5.41, 5.74) is 1.02. The topological polar surface area (TPSA) is 87.3 Å². The van der Waals surface area contributed by atoms with E-state index in [2.05, 4.69) is 15.5 Å². The first-order valence-electron chi connectivity index (χ1n) is 8.07. The fourth-order valence-electron chi connectivity index (χ4n) is 2.82. The monoisotopic (exact) mass is 330 g/mol. The van der Waals surface area contributed by atoms with Gasteiger partial charge in [-0.2, -0.15) is 5.10 Å². The second kappa shape index (κ2) is 6.14. The van der Waals surface area contributed by atoms with E-state index in [1.165, 1.54) is 4.90 Å². The normalized spacial score (nSPS) is 18.0. The second-order valence-corrected chi connectivity index (χ2v) is 6.99. The molecule has 7 heteroatoms. The molecular weight excluding hydrogens is 308 g/mol. The molecule has 1 aromatic carbocycles. The predicted molar refractivity (Wildman–Crippen MR) is 90.7 cm³/mol. The maximum absolute atomic E-state index is 12.6. The Kier molecular flexibility index (Phi) is 4.17. The van der Waals surface area contributed by atoms with Crippen LogP contribution in [0.1, 0.15) is 33.6 Å². The number of nitrogens with zero attached hydrogens (tertiary/aromatic N) is 2. The van der Waals surface area contributed by atoms with Crippen LogP contribution in [0.25, 0.3) is 10.9 Å². The van der Waals surface area contributed by atoms with E-state index < -0.39 is 17.7 Å². The number of anilines is 1. The van der Waals surface area contributed by atoms with Crippen LogP contribution in [0, 0.1) is 0 Å². The number of nitrogens with one attached hydrogen (secondary N) is 2. The lowest BCUT2D eigenvalue weighted by Crippen LogP contribution is -2.45. The minimum absolute atomic E-state index is 0.193. The number of hydrogen-bond donors (Lipinski definition) is 2. The number of amides is 2. The molecule has 2 amide bonds. The molecule has 0 unspecified atom stereocenters. The van der Waals surface area contributed by atoms with E-state index in [9.17, 15) is 9.59 Å². The number of benzene rings is 1. The Morgan fingerprint density at radius 2 is 2.17 bits per heavy atom. The van der Waals surface area contributed by atoms with Gasteiger partial charge in [-0.1, -0.05) is 0 Å². The highest BCUT2D eigenvalue weighted by Crippen LogP contribution is 2.23. The third-order valence-electron chi connectivity index (χ3n) is 3.89. The van der Waals surface area contributed by atoms with Gasteiger partial charge in [-0.3, -0.25) is 14.8 Å². The van der Waals surface area contributed by atoms with Crippen molar-refractivity contribution >= 4 is 28.6 Å². The highest BCUT2D eigenvalue weighted by atomic mass is 16.6. The van der Waals surface area contributed by atoms with E-state index >= 15 is 0 Å². The molecule has 0 bridgehead atoms. The Bertz CT molecular complexity index is 763. The van der Waals surface area contributed by atoms with Crippen LogP contribution in [-0.4, -0.2) is 45.3 Å². The van der Waals surface area contributed by atoms with E-state index in [0.29, 0.717) is 18.7 Å². The summed E-state index contributed by atoms with van der Waals surface area (Å²) in [7, 11) is 0. The Labute approximate surface area is 140 Å². The van der Waals surface area contributed by atoms with Crippen LogP contribution in [0.3, 0.4) is 0 Å². The van der Waals surface area contributed by atoms with E-state index in [1.807, 2.05) is 39.0 Å². The Hall–Kier alpha value is -2.57. The highest BCUT2D eigenvalue weighted by Gasteiger charge is 2.36. The number of rotatable bonds is 2. The third kappa shape index (κ3) is 3.50. The standard InChI is InChI=1S/C17H22N4O3/c1-17(2,3)24-16(23)21-8-4-5-14(21)15(22)19-12-6-7-13-11(9-12)10-18-20-13/h6-7,9-10,14H,4-5,8H2,1-3H3,(H,18,20)(H,19,22)/t14-/m1/s1. The van der Waals surface area contributed by atoms with Crippen molar-refractivity contribution in [3.05, 3.63) is 24.4 Å². The summed E-state index contributed by atoms with van der Waals surface area (Å²) in [6.07, 6.45) is 2.69. The molecule has 2 heterocycles. The van der Waals surface area contributed by atoms with Crippen LogP contribution in [0.15, 0.2) is 24.4 Å². The van der Waals surface area contributed by atoms with E-state index in [0.717, 1.165) is 17.3 Å². The fourth-order valence-corrected chi connectivity index (χ4v) is 2.82. The van der Waals surface area contributed by atoms with Gasteiger partial charge in [0.25, 0.3) is 0 Å². The molecule has 1 atom stereocenters. The molecule has 7 nitrogen and oxygen atoms in total. The van der Waals surface area contributed by atoms with Crippen molar-refractivity contribution in [3.63, 3.8) is 0 Å². The number of aromatic amines is 1. The molecule has 0 aliphatic carbocycles. The summed E-state index contributed by atoms with van der Waals surface area (Å²) in [4.78, 5) is 26.4. The number of hydrogen-bond acceptors (Lipinski definition) is 4. The van der Waals surface area contributed by atoms with Gasteiger partial charge in [0.15, 0.2) is 0 Å². The summed E-state index contributed by atoms with van der Waals surface area (Å²) in [5.74, 6) is -0.193. The molecule has 0 saturated carbocycles. The van der Waals surface area contributed by atoms with E-state index in [4.69, 9.17) is 4.74 Å². The highest BCUT2D eigenvalue weighted by molar-refractivity contribution is 5.98. The number of carbonyl (C=O) groups is 2. The number of H-pyrrole nitrogens is 1. The van der Waals surface area contributed by atoms with Gasteiger partial charge in [0.2, 0.25) is 5.91 Å². The Morgan fingerprint density at radius 1 is 1.38 bits per heavy atom. The van der Waals surface area contributed by atoms with Crippen molar-refractivity contribution in [3.8, 4) is 0 Å². The van der Waals surface area contributed by atoms with E-state index in [1.54, 1.807) is 6.20 Å². The zero-order valence-electron chi connectivity index (χ0n) is 14.1. The van der Waals surface area contributed by atoms with Crippen LogP contribution in [0.2, 0.25) is 0 Å². The first-order chi connectivity index (χ1) is 11.3. The molecule has 1 saturated heterocycles. The van der Waals surface area contributed by atoms with Crippen molar-refractivity contribution in [2.24, 2.45) is 0 Å². The summed E-state index contributed by atoms with van der Waals surface area (Å²) in [6, 6.07) is 5.02. The second-order valence-electron chi connectivity index (χ2n) is 6.99. The molecule has 3 rings (SSSR count). The SMILES string of the molecule is CC(C)(C)OC(=O)N1CCC[C@@H]1C(=O)Nc1ccc2[nH]ncc2c1. The molecule has 1 fully saturated rings. The third-order valence-corrected chi connectivity index (χ3v) is 3.89. The molecule has 1 aromatic heterocycles. The molecule has 128 valence electrons. The minimum atomic E-state index is -0.576. The van der Waals surface area contributed by atoms with Crippen LogP contribution < -0.4 is 5.32 Å². The number of aromatic nitrogens is 2. The minimum Gasteiger partial charge on any atom is -0.444 e. The lowest BCUT2D eigenvalue weighted by Gasteiger charge is -2.28. The van der Waals surface area contributed by atoms with Gasteiger partial charge >= 0.3 is 6.09 Å². The Balaban J connectivity index is 1.70. The molecule has 2 aromatic rings. The van der Waals surface area contributed by atoms with Crippen molar-refractivity contribution in [2.45, 2.75) is 45.3 Å². The summed E-state index contributed by atoms with van der Waals surface area (Å²) in [6.45, 7) is 5.98. The van der Waals surface area contributed by atoms with Gasteiger partial charge < -0.3 is 10.1 Å². The first-order valence-corrected chi connectivity index (χ1v) is 8.07. The van der Waals surface area contributed by atoms with Gasteiger partial charge in [0.1, 0.15) is 11.6 Å². The average molecular weight is 330 g/mol. The largest absolute Gasteiger partial charge is 0.444 e. The zero-order valence-corrected chi connectivity index (χ0v) is 14.1. The molecule has 24 heavy (non-hydrogen) atoms. The molecular formula is C17H22N4O3. The summed E-state index contributed by atoms with van der Waals surface area (Å²) in [5, 5.41) is 10.6. The number of fused-ring (bicyclic) bond motifs is 1. The van der Waals surface area contributed by atoms with Crippen molar-refractivity contribution in [2.75, 3.05) is 11.9 Å². The predicted octanol–water partition coefficient (Wildman–Crippen LogP) is 2.90. The van der Waals surface area contributed by atoms with Gasteiger partial charge in [-0.25, -0.2) is 4.79 Å². The summed E-state index contributed by atoms with van der Waals surface area (Å²) >= 11 is 0. The lowest BCUT2D eigenvalue weighted by molar-refractivity contribution is -0.120. The molecule has 0 spiro atoms. The van der Waals surface area contributed by atoms with Crippen molar-refractivity contribution in [1.82, 2.24) is 15.1 Å².